The minimum absolute atomic E-state index is 0.0582. The smallest absolute Gasteiger partial charge is 0.276 e. The van der Waals surface area contributed by atoms with E-state index in [-0.39, 0.29) is 11.1 Å². The van der Waals surface area contributed by atoms with E-state index in [1.54, 1.807) is 48.7 Å². The molecule has 1 N–H and O–H groups in total. The van der Waals surface area contributed by atoms with E-state index < -0.39 is 17.3 Å². The summed E-state index contributed by atoms with van der Waals surface area (Å²) in [5, 5.41) is 4.32. The maximum absolute atomic E-state index is 13.5. The molecular weight excluding hydrogens is 369 g/mol. The largest absolute Gasteiger partial charge is 0.310 e. The lowest BCUT2D eigenvalue weighted by molar-refractivity contribution is 0.0953. The quantitative estimate of drug-likeness (QED) is 0.541. The van der Waals surface area contributed by atoms with Gasteiger partial charge < -0.3 is 4.57 Å². The molecule has 3 rings (SSSR count). The first-order chi connectivity index (χ1) is 13.0. The second kappa shape index (κ2) is 8.42. The molecule has 5 nitrogen and oxygen atoms in total. The first-order valence-electron chi connectivity index (χ1n) is 8.06. The van der Waals surface area contributed by atoms with Gasteiger partial charge >= 0.3 is 0 Å². The second-order valence-corrected chi connectivity index (χ2v) is 6.14. The first kappa shape index (κ1) is 18.5. The van der Waals surface area contributed by atoms with E-state index >= 15 is 0 Å². The number of carbonyl (C=O) groups is 1. The lowest BCUT2D eigenvalue weighted by atomic mass is 10.2. The maximum atomic E-state index is 13.5. The van der Waals surface area contributed by atoms with Crippen LogP contribution in [0.3, 0.4) is 0 Å². The molecular formula is C20H15ClFN3O2. The van der Waals surface area contributed by atoms with Crippen LogP contribution in [0.5, 0.6) is 0 Å². The number of halogens is 2. The molecule has 1 amide bonds. The predicted molar refractivity (Wildman–Crippen MR) is 103 cm³/mol. The Labute approximate surface area is 159 Å². The zero-order valence-corrected chi connectivity index (χ0v) is 14.9. The summed E-state index contributed by atoms with van der Waals surface area (Å²) < 4.78 is 14.9. The van der Waals surface area contributed by atoms with E-state index in [1.165, 1.54) is 29.0 Å². The average Bonchev–Trinajstić information content (AvgIpc) is 2.66. The first-order valence-corrected chi connectivity index (χ1v) is 8.44. The van der Waals surface area contributed by atoms with E-state index in [9.17, 15) is 14.0 Å². The molecule has 3 aromatic rings. The van der Waals surface area contributed by atoms with Gasteiger partial charge in [-0.05, 0) is 35.9 Å². The zero-order valence-electron chi connectivity index (χ0n) is 14.1. The molecule has 0 bridgehead atoms. The maximum Gasteiger partial charge on any atom is 0.276 e. The highest BCUT2D eigenvalue weighted by atomic mass is 35.5. The van der Waals surface area contributed by atoms with Gasteiger partial charge in [0.05, 0.1) is 12.8 Å². The molecule has 0 saturated heterocycles. The summed E-state index contributed by atoms with van der Waals surface area (Å²) in [5.74, 6) is -1.13. The van der Waals surface area contributed by atoms with Crippen molar-refractivity contribution in [2.75, 3.05) is 0 Å². The molecule has 2 aromatic carbocycles. The number of hydrogen-bond acceptors (Lipinski definition) is 3. The third kappa shape index (κ3) is 4.68. The van der Waals surface area contributed by atoms with E-state index in [2.05, 4.69) is 10.5 Å². The highest BCUT2D eigenvalue weighted by Crippen LogP contribution is 2.10. The van der Waals surface area contributed by atoms with Gasteiger partial charge in [0, 0.05) is 16.8 Å². The number of nitrogens with one attached hydrogen (secondary N) is 1. The van der Waals surface area contributed by atoms with Crippen molar-refractivity contribution in [2.24, 2.45) is 5.10 Å². The van der Waals surface area contributed by atoms with Gasteiger partial charge in [0.2, 0.25) is 0 Å². The van der Waals surface area contributed by atoms with Crippen LogP contribution in [-0.2, 0) is 6.54 Å². The highest BCUT2D eigenvalue weighted by Gasteiger charge is 2.11. The van der Waals surface area contributed by atoms with Crippen LogP contribution in [0.15, 0.2) is 76.8 Å². The number of carbonyl (C=O) groups excluding carboxylic acids is 1. The van der Waals surface area contributed by atoms with Crippen LogP contribution in [0.4, 0.5) is 4.39 Å². The number of rotatable bonds is 5. The Balaban J connectivity index is 1.74. The molecule has 0 aliphatic rings. The van der Waals surface area contributed by atoms with Gasteiger partial charge in [0.25, 0.3) is 11.5 Å². The fourth-order valence-corrected chi connectivity index (χ4v) is 2.55. The normalized spacial score (nSPS) is 10.9. The Morgan fingerprint density at radius 1 is 1.11 bits per heavy atom. The fraction of sp³-hybridized carbons (Fsp3) is 0.0500. The number of hydrogen-bond donors (Lipinski definition) is 1. The molecule has 27 heavy (non-hydrogen) atoms. The van der Waals surface area contributed by atoms with Crippen molar-refractivity contribution in [3.63, 3.8) is 0 Å². The van der Waals surface area contributed by atoms with E-state index in [0.717, 1.165) is 5.56 Å². The number of pyridine rings is 1. The van der Waals surface area contributed by atoms with E-state index in [4.69, 9.17) is 11.6 Å². The lowest BCUT2D eigenvalue weighted by Gasteiger charge is -2.08. The number of nitrogens with zero attached hydrogens (tertiary/aromatic N) is 2. The van der Waals surface area contributed by atoms with Crippen molar-refractivity contribution >= 4 is 23.7 Å². The van der Waals surface area contributed by atoms with Gasteiger partial charge in [-0.15, -0.1) is 0 Å². The topological polar surface area (TPSA) is 63.5 Å². The molecule has 0 unspecified atom stereocenters. The molecule has 0 aliphatic heterocycles. The van der Waals surface area contributed by atoms with Crippen LogP contribution in [0.2, 0.25) is 5.02 Å². The van der Waals surface area contributed by atoms with Gasteiger partial charge in [-0.1, -0.05) is 41.9 Å². The molecule has 0 radical (unpaired) electrons. The summed E-state index contributed by atoms with van der Waals surface area (Å²) in [6, 6.07) is 16.1. The van der Waals surface area contributed by atoms with Crippen LogP contribution in [0.25, 0.3) is 0 Å². The fourth-order valence-electron chi connectivity index (χ4n) is 2.42. The Morgan fingerprint density at radius 3 is 2.59 bits per heavy atom. The Bertz CT molecular complexity index is 1050. The zero-order chi connectivity index (χ0) is 19.2. The summed E-state index contributed by atoms with van der Waals surface area (Å²) in [4.78, 5) is 24.8. The standard InChI is InChI=1S/C20H15ClFN3O2/c21-16-9-7-14(8-10-16)13-25-11-3-5-17(20(25)27)19(26)24-23-12-15-4-1-2-6-18(15)22/h1-12H,13H2,(H,24,26)/b23-12-. The summed E-state index contributed by atoms with van der Waals surface area (Å²) >= 11 is 5.86. The molecule has 0 saturated carbocycles. The monoisotopic (exact) mass is 383 g/mol. The number of amides is 1. The van der Waals surface area contributed by atoms with Crippen molar-refractivity contribution in [3.05, 3.63) is 105 Å². The Kier molecular flexibility index (Phi) is 5.78. The lowest BCUT2D eigenvalue weighted by Crippen LogP contribution is -2.30. The summed E-state index contributed by atoms with van der Waals surface area (Å²) in [6.07, 6.45) is 2.78. The van der Waals surface area contributed by atoms with E-state index in [1.807, 2.05) is 0 Å². The van der Waals surface area contributed by atoms with Gasteiger partial charge in [0.15, 0.2) is 0 Å². The summed E-state index contributed by atoms with van der Waals surface area (Å²) in [6.45, 7) is 0.301. The third-order valence-electron chi connectivity index (χ3n) is 3.81. The van der Waals surface area contributed by atoms with E-state index in [0.29, 0.717) is 11.6 Å². The van der Waals surface area contributed by atoms with Crippen LogP contribution in [-0.4, -0.2) is 16.7 Å². The predicted octanol–water partition coefficient (Wildman–Crippen LogP) is 3.45. The second-order valence-electron chi connectivity index (χ2n) is 5.70. The molecule has 0 aliphatic carbocycles. The van der Waals surface area contributed by atoms with Crippen molar-refractivity contribution in [2.45, 2.75) is 6.54 Å². The molecule has 0 spiro atoms. The van der Waals surface area contributed by atoms with Crippen molar-refractivity contribution in [1.82, 2.24) is 9.99 Å². The number of aromatic nitrogens is 1. The van der Waals surface area contributed by atoms with Gasteiger partial charge in [-0.2, -0.15) is 5.10 Å². The van der Waals surface area contributed by atoms with Gasteiger partial charge in [-0.3, -0.25) is 9.59 Å². The van der Waals surface area contributed by atoms with Crippen molar-refractivity contribution < 1.29 is 9.18 Å². The highest BCUT2D eigenvalue weighted by molar-refractivity contribution is 6.30. The molecule has 1 heterocycles. The Morgan fingerprint density at radius 2 is 1.85 bits per heavy atom. The van der Waals surface area contributed by atoms with Crippen LogP contribution >= 0.6 is 11.6 Å². The number of benzene rings is 2. The summed E-state index contributed by atoms with van der Waals surface area (Å²) in [7, 11) is 0. The SMILES string of the molecule is O=C(N/N=C\c1ccccc1F)c1cccn(Cc2ccc(Cl)cc2)c1=O. The average molecular weight is 384 g/mol. The molecule has 1 aromatic heterocycles. The van der Waals surface area contributed by atoms with Crippen molar-refractivity contribution in [1.29, 1.82) is 0 Å². The molecule has 0 fully saturated rings. The molecule has 7 heteroatoms. The van der Waals surface area contributed by atoms with Crippen LogP contribution < -0.4 is 11.0 Å². The molecule has 0 atom stereocenters. The minimum Gasteiger partial charge on any atom is -0.310 e. The third-order valence-corrected chi connectivity index (χ3v) is 4.06. The van der Waals surface area contributed by atoms with Crippen molar-refractivity contribution in [3.8, 4) is 0 Å². The van der Waals surface area contributed by atoms with Crippen LogP contribution in [0.1, 0.15) is 21.5 Å². The minimum atomic E-state index is -0.668. The Hall–Kier alpha value is -3.25. The molecule has 136 valence electrons. The van der Waals surface area contributed by atoms with Gasteiger partial charge in [0.1, 0.15) is 11.4 Å². The van der Waals surface area contributed by atoms with Gasteiger partial charge in [-0.25, -0.2) is 9.82 Å². The van der Waals surface area contributed by atoms with Crippen LogP contribution in [0, 0.1) is 5.82 Å². The number of hydrazone groups is 1. The summed E-state index contributed by atoms with van der Waals surface area (Å²) in [5.41, 5.74) is 2.84.